The molecule has 1 aliphatic heterocycles. The lowest BCUT2D eigenvalue weighted by Gasteiger charge is -2.23. The molecule has 1 saturated heterocycles. The molecule has 0 aromatic carbocycles. The van der Waals surface area contributed by atoms with Crippen LogP contribution in [-0.4, -0.2) is 48.1 Å². The van der Waals surface area contributed by atoms with Crippen LogP contribution in [0.5, 0.6) is 0 Å². The minimum atomic E-state index is -0.294. The summed E-state index contributed by atoms with van der Waals surface area (Å²) < 4.78 is 1.42. The van der Waals surface area contributed by atoms with Gasteiger partial charge in [-0.2, -0.15) is 5.10 Å². The fourth-order valence-corrected chi connectivity index (χ4v) is 3.66. The quantitative estimate of drug-likeness (QED) is 0.763. The zero-order valence-electron chi connectivity index (χ0n) is 14.6. The van der Waals surface area contributed by atoms with Crippen LogP contribution < -0.4 is 5.56 Å². The highest BCUT2D eigenvalue weighted by Crippen LogP contribution is 2.25. The van der Waals surface area contributed by atoms with E-state index in [0.29, 0.717) is 17.6 Å². The van der Waals surface area contributed by atoms with Crippen LogP contribution in [-0.2, 0) is 13.5 Å². The van der Waals surface area contributed by atoms with Crippen LogP contribution in [0.25, 0.3) is 11.0 Å². The van der Waals surface area contributed by atoms with Crippen LogP contribution in [0, 0.1) is 0 Å². The number of hydrogen-bond acceptors (Lipinski definition) is 5. The first-order valence-corrected chi connectivity index (χ1v) is 8.76. The Balaban J connectivity index is 1.57. The third kappa shape index (κ3) is 2.87. The predicted octanol–water partition coefficient (Wildman–Crippen LogP) is 1.29. The molecule has 1 aliphatic rings. The minimum absolute atomic E-state index is 0.155. The molecule has 1 amide bonds. The molecule has 134 valence electrons. The van der Waals surface area contributed by atoms with Crippen LogP contribution in [0.2, 0.25) is 0 Å². The van der Waals surface area contributed by atoms with E-state index in [1.807, 2.05) is 23.1 Å². The molecule has 0 spiro atoms. The van der Waals surface area contributed by atoms with Crippen molar-refractivity contribution < 1.29 is 4.79 Å². The van der Waals surface area contributed by atoms with Gasteiger partial charge in [-0.25, -0.2) is 4.98 Å². The van der Waals surface area contributed by atoms with Crippen LogP contribution in [0.4, 0.5) is 0 Å². The number of amides is 1. The first-order chi connectivity index (χ1) is 12.6. The zero-order valence-corrected chi connectivity index (χ0v) is 14.6. The molecule has 4 heterocycles. The van der Waals surface area contributed by atoms with Crippen molar-refractivity contribution in [2.45, 2.75) is 31.7 Å². The largest absolute Gasteiger partial charge is 0.334 e. The van der Waals surface area contributed by atoms with E-state index in [2.05, 4.69) is 20.1 Å². The molecule has 1 atom stereocenters. The molecule has 0 aliphatic carbocycles. The molecular weight excluding hydrogens is 332 g/mol. The van der Waals surface area contributed by atoms with Gasteiger partial charge in [0.25, 0.3) is 11.5 Å². The second-order valence-corrected chi connectivity index (χ2v) is 6.56. The van der Waals surface area contributed by atoms with E-state index < -0.39 is 0 Å². The Labute approximate surface area is 149 Å². The van der Waals surface area contributed by atoms with Crippen molar-refractivity contribution in [2.24, 2.45) is 7.05 Å². The van der Waals surface area contributed by atoms with Crippen molar-refractivity contribution in [3.63, 3.8) is 0 Å². The lowest BCUT2D eigenvalue weighted by molar-refractivity contribution is 0.0725. The van der Waals surface area contributed by atoms with E-state index in [1.54, 1.807) is 13.2 Å². The van der Waals surface area contributed by atoms with E-state index in [1.165, 1.54) is 11.0 Å². The first-order valence-electron chi connectivity index (χ1n) is 8.76. The average Bonchev–Trinajstić information content (AvgIpc) is 3.26. The Morgan fingerprint density at radius 1 is 1.35 bits per heavy atom. The fraction of sp³-hybridized carbons (Fsp3) is 0.389. The average molecular weight is 352 g/mol. The smallest absolute Gasteiger partial charge is 0.276 e. The van der Waals surface area contributed by atoms with Crippen molar-refractivity contribution >= 4 is 16.9 Å². The molecule has 0 saturated carbocycles. The van der Waals surface area contributed by atoms with Crippen molar-refractivity contribution in [2.75, 3.05) is 6.54 Å². The molecule has 1 N–H and O–H groups in total. The summed E-state index contributed by atoms with van der Waals surface area (Å²) in [6.45, 7) is 0.701. The van der Waals surface area contributed by atoms with Gasteiger partial charge in [0.15, 0.2) is 11.2 Å². The second kappa shape index (κ2) is 6.70. The molecule has 1 fully saturated rings. The number of nitrogens with one attached hydrogen (secondary N) is 1. The third-order valence-corrected chi connectivity index (χ3v) is 4.93. The van der Waals surface area contributed by atoms with Crippen molar-refractivity contribution in [1.82, 2.24) is 29.6 Å². The van der Waals surface area contributed by atoms with Gasteiger partial charge in [0.05, 0.1) is 6.33 Å². The van der Waals surface area contributed by atoms with Crippen molar-refractivity contribution in [3.8, 4) is 0 Å². The Morgan fingerprint density at radius 2 is 2.23 bits per heavy atom. The summed E-state index contributed by atoms with van der Waals surface area (Å²) in [5.41, 5.74) is 1.66. The van der Waals surface area contributed by atoms with Crippen LogP contribution in [0.15, 0.2) is 35.5 Å². The number of carbonyl (C=O) groups excluding carboxylic acids is 1. The monoisotopic (exact) mass is 352 g/mol. The zero-order chi connectivity index (χ0) is 18.1. The van der Waals surface area contributed by atoms with Crippen molar-refractivity contribution in [3.05, 3.63) is 52.5 Å². The summed E-state index contributed by atoms with van der Waals surface area (Å²) in [5.74, 6) is -0.155. The Bertz CT molecular complexity index is 994. The summed E-state index contributed by atoms with van der Waals surface area (Å²) in [6, 6.07) is 6.03. The number of carbonyl (C=O) groups is 1. The predicted molar refractivity (Wildman–Crippen MR) is 95.7 cm³/mol. The van der Waals surface area contributed by atoms with E-state index in [9.17, 15) is 9.59 Å². The number of likely N-dealkylation sites (tertiary alicyclic amines) is 1. The number of fused-ring (bicyclic) bond motifs is 1. The second-order valence-electron chi connectivity index (χ2n) is 6.56. The van der Waals surface area contributed by atoms with Gasteiger partial charge < -0.3 is 9.88 Å². The molecule has 26 heavy (non-hydrogen) atoms. The number of nitrogens with zero attached hydrogens (tertiary/aromatic N) is 5. The van der Waals surface area contributed by atoms with Gasteiger partial charge in [-0.3, -0.25) is 19.3 Å². The highest BCUT2D eigenvalue weighted by Gasteiger charge is 2.32. The normalized spacial score (nSPS) is 17.1. The number of H-pyrrole nitrogens is 1. The Hall–Kier alpha value is -3.03. The topological polar surface area (TPSA) is 96.8 Å². The highest BCUT2D eigenvalue weighted by atomic mass is 16.2. The van der Waals surface area contributed by atoms with Crippen LogP contribution in [0.1, 0.15) is 35.4 Å². The van der Waals surface area contributed by atoms with Gasteiger partial charge in [-0.05, 0) is 37.8 Å². The number of aromatic amines is 1. The fourth-order valence-electron chi connectivity index (χ4n) is 3.66. The van der Waals surface area contributed by atoms with Gasteiger partial charge in [-0.1, -0.05) is 6.07 Å². The summed E-state index contributed by atoms with van der Waals surface area (Å²) in [6.07, 6.45) is 6.73. The highest BCUT2D eigenvalue weighted by molar-refractivity contribution is 6.03. The molecular formula is C18H20N6O2. The van der Waals surface area contributed by atoms with E-state index in [4.69, 9.17) is 0 Å². The van der Waals surface area contributed by atoms with Crippen LogP contribution >= 0.6 is 0 Å². The number of hydrogen-bond donors (Lipinski definition) is 1. The number of rotatable bonds is 4. The van der Waals surface area contributed by atoms with Gasteiger partial charge in [0.1, 0.15) is 5.52 Å². The molecule has 8 heteroatoms. The van der Waals surface area contributed by atoms with Crippen LogP contribution in [0.3, 0.4) is 0 Å². The third-order valence-electron chi connectivity index (χ3n) is 4.93. The molecule has 0 radical (unpaired) electrons. The van der Waals surface area contributed by atoms with Gasteiger partial charge in [0.2, 0.25) is 0 Å². The molecule has 3 aromatic rings. The van der Waals surface area contributed by atoms with Gasteiger partial charge >= 0.3 is 0 Å². The first kappa shape index (κ1) is 16.4. The maximum absolute atomic E-state index is 13.1. The standard InChI is InChI=1S/C18H20N6O2/c1-23-16-14(20-11-21-17(16)25)15(22-23)18(26)24-10-4-6-13(24)8-7-12-5-2-3-9-19-12/h2-3,5,9,11,13H,4,6-8,10H2,1H3,(H,20,21,25)/t13-/m0/s1. The number of aryl methyl sites for hydroxylation is 2. The minimum Gasteiger partial charge on any atom is -0.334 e. The SMILES string of the molecule is Cn1nc(C(=O)N2CCC[C@H]2CCc2ccccn2)c2nc[nH]c(=O)c21. The summed E-state index contributed by atoms with van der Waals surface area (Å²) in [4.78, 5) is 38.0. The maximum atomic E-state index is 13.1. The lowest BCUT2D eigenvalue weighted by atomic mass is 10.1. The molecule has 0 bridgehead atoms. The van der Waals surface area contributed by atoms with E-state index in [0.717, 1.165) is 31.4 Å². The molecule has 8 nitrogen and oxygen atoms in total. The summed E-state index contributed by atoms with van der Waals surface area (Å²) in [5, 5.41) is 4.28. The van der Waals surface area contributed by atoms with Gasteiger partial charge in [0, 0.05) is 31.5 Å². The van der Waals surface area contributed by atoms with Gasteiger partial charge in [-0.15, -0.1) is 0 Å². The number of pyridine rings is 1. The van der Waals surface area contributed by atoms with E-state index in [-0.39, 0.29) is 23.2 Å². The Kier molecular flexibility index (Phi) is 4.24. The van der Waals surface area contributed by atoms with Crippen molar-refractivity contribution in [1.29, 1.82) is 0 Å². The molecule has 3 aromatic heterocycles. The Morgan fingerprint density at radius 3 is 3.04 bits per heavy atom. The number of aromatic nitrogens is 5. The molecule has 0 unspecified atom stereocenters. The lowest BCUT2D eigenvalue weighted by Crippen LogP contribution is -2.36. The summed E-state index contributed by atoms with van der Waals surface area (Å²) in [7, 11) is 1.65. The molecule has 4 rings (SSSR count). The summed E-state index contributed by atoms with van der Waals surface area (Å²) >= 11 is 0. The van der Waals surface area contributed by atoms with E-state index >= 15 is 0 Å². The maximum Gasteiger partial charge on any atom is 0.276 e.